The molecule has 0 aromatic heterocycles. The number of hydrogen-bond acceptors (Lipinski definition) is 3. The van der Waals surface area contributed by atoms with Gasteiger partial charge in [-0.1, -0.05) is 12.1 Å². The predicted molar refractivity (Wildman–Crippen MR) is 85.8 cm³/mol. The van der Waals surface area contributed by atoms with Crippen LogP contribution in [-0.2, 0) is 9.59 Å². The molecular formula is C16H20BrNO4. The number of ether oxygens (including phenoxy) is 1. The maximum atomic E-state index is 12.2. The van der Waals surface area contributed by atoms with E-state index in [9.17, 15) is 9.59 Å². The fourth-order valence-electron chi connectivity index (χ4n) is 2.59. The molecule has 1 amide bonds. The lowest BCUT2D eigenvalue weighted by Crippen LogP contribution is -2.44. The first kappa shape index (κ1) is 16.8. The summed E-state index contributed by atoms with van der Waals surface area (Å²) >= 11 is 3.38. The number of para-hydroxylation sites is 1. The highest BCUT2D eigenvalue weighted by Gasteiger charge is 2.28. The van der Waals surface area contributed by atoms with Crippen molar-refractivity contribution in [1.29, 1.82) is 0 Å². The number of aliphatic carboxylic acids is 1. The maximum absolute atomic E-state index is 12.2. The zero-order valence-corrected chi connectivity index (χ0v) is 14.0. The van der Waals surface area contributed by atoms with Crippen LogP contribution in [0.25, 0.3) is 0 Å². The van der Waals surface area contributed by atoms with Gasteiger partial charge in [0.05, 0.1) is 10.4 Å². The minimum atomic E-state index is -0.740. The Morgan fingerprint density at radius 1 is 1.27 bits per heavy atom. The van der Waals surface area contributed by atoms with Gasteiger partial charge in [0.2, 0.25) is 0 Å². The average Bonchev–Trinajstić information content (AvgIpc) is 2.50. The Morgan fingerprint density at radius 3 is 2.50 bits per heavy atom. The van der Waals surface area contributed by atoms with Crippen LogP contribution in [0, 0.1) is 5.92 Å². The molecule has 1 saturated carbocycles. The van der Waals surface area contributed by atoms with Crippen molar-refractivity contribution in [2.24, 2.45) is 5.92 Å². The molecule has 22 heavy (non-hydrogen) atoms. The summed E-state index contributed by atoms with van der Waals surface area (Å²) in [6.45, 7) is 1.71. The number of amides is 1. The molecule has 0 bridgehead atoms. The molecule has 1 unspecified atom stereocenters. The van der Waals surface area contributed by atoms with E-state index in [1.807, 2.05) is 18.2 Å². The Labute approximate surface area is 138 Å². The van der Waals surface area contributed by atoms with E-state index in [0.29, 0.717) is 31.4 Å². The van der Waals surface area contributed by atoms with Crippen LogP contribution >= 0.6 is 15.9 Å². The molecule has 2 N–H and O–H groups in total. The first-order valence-corrected chi connectivity index (χ1v) is 8.21. The Hall–Kier alpha value is -1.56. The predicted octanol–water partition coefficient (Wildman–Crippen LogP) is 2.98. The zero-order chi connectivity index (χ0) is 16.1. The largest absolute Gasteiger partial charge is 0.481 e. The van der Waals surface area contributed by atoms with Gasteiger partial charge in [-0.05, 0) is 60.7 Å². The Bertz CT molecular complexity index is 541. The van der Waals surface area contributed by atoms with Crippen molar-refractivity contribution in [3.05, 3.63) is 28.7 Å². The highest BCUT2D eigenvalue weighted by Crippen LogP contribution is 2.26. The van der Waals surface area contributed by atoms with Crippen molar-refractivity contribution >= 4 is 27.8 Å². The summed E-state index contributed by atoms with van der Waals surface area (Å²) in [7, 11) is 0. The lowest BCUT2D eigenvalue weighted by Gasteiger charge is -2.28. The monoisotopic (exact) mass is 369 g/mol. The molecule has 0 saturated heterocycles. The van der Waals surface area contributed by atoms with Crippen LogP contribution in [0.1, 0.15) is 32.6 Å². The van der Waals surface area contributed by atoms with Crippen LogP contribution in [0.15, 0.2) is 28.7 Å². The van der Waals surface area contributed by atoms with Crippen molar-refractivity contribution in [1.82, 2.24) is 5.32 Å². The molecule has 120 valence electrons. The van der Waals surface area contributed by atoms with E-state index >= 15 is 0 Å². The van der Waals surface area contributed by atoms with Gasteiger partial charge < -0.3 is 15.2 Å². The van der Waals surface area contributed by atoms with Gasteiger partial charge in [0.1, 0.15) is 5.75 Å². The zero-order valence-electron chi connectivity index (χ0n) is 12.4. The average molecular weight is 370 g/mol. The van der Waals surface area contributed by atoms with E-state index in [1.54, 1.807) is 13.0 Å². The third-order valence-corrected chi connectivity index (χ3v) is 4.59. The molecule has 5 nitrogen and oxygen atoms in total. The first-order chi connectivity index (χ1) is 10.5. The quantitative estimate of drug-likeness (QED) is 0.836. The van der Waals surface area contributed by atoms with E-state index in [-0.39, 0.29) is 17.9 Å². The van der Waals surface area contributed by atoms with E-state index in [4.69, 9.17) is 9.84 Å². The minimum Gasteiger partial charge on any atom is -0.481 e. The van der Waals surface area contributed by atoms with Gasteiger partial charge in [0, 0.05) is 6.04 Å². The Morgan fingerprint density at radius 2 is 1.91 bits per heavy atom. The number of carbonyl (C=O) groups excluding carboxylic acids is 1. The van der Waals surface area contributed by atoms with Gasteiger partial charge in [-0.2, -0.15) is 0 Å². The second kappa shape index (κ2) is 7.63. The molecule has 0 spiro atoms. The molecule has 1 fully saturated rings. The molecule has 0 heterocycles. The summed E-state index contributed by atoms with van der Waals surface area (Å²) in [5.41, 5.74) is 0. The Kier molecular flexibility index (Phi) is 5.83. The van der Waals surface area contributed by atoms with E-state index in [2.05, 4.69) is 21.2 Å². The standard InChI is InChI=1S/C16H20BrNO4/c1-10(22-14-5-3-2-4-13(14)17)15(19)18-12-8-6-11(7-9-12)16(20)21/h2-5,10-12H,6-9H2,1H3,(H,18,19)(H,20,21). The van der Waals surface area contributed by atoms with Crippen molar-refractivity contribution in [3.8, 4) is 5.75 Å². The number of carbonyl (C=O) groups is 2. The topological polar surface area (TPSA) is 75.6 Å². The molecule has 2 rings (SSSR count). The smallest absolute Gasteiger partial charge is 0.306 e. The minimum absolute atomic E-state index is 0.0355. The molecule has 1 aliphatic rings. The van der Waals surface area contributed by atoms with E-state index < -0.39 is 12.1 Å². The van der Waals surface area contributed by atoms with Crippen LogP contribution in [-0.4, -0.2) is 29.1 Å². The number of hydrogen-bond donors (Lipinski definition) is 2. The summed E-state index contributed by atoms with van der Waals surface area (Å²) in [6, 6.07) is 7.41. The molecule has 6 heteroatoms. The maximum Gasteiger partial charge on any atom is 0.306 e. The van der Waals surface area contributed by atoms with Crippen molar-refractivity contribution in [3.63, 3.8) is 0 Å². The van der Waals surface area contributed by atoms with Gasteiger partial charge in [0.15, 0.2) is 6.10 Å². The highest BCUT2D eigenvalue weighted by atomic mass is 79.9. The second-order valence-electron chi connectivity index (χ2n) is 5.59. The first-order valence-electron chi connectivity index (χ1n) is 7.41. The third-order valence-electron chi connectivity index (χ3n) is 3.93. The number of benzene rings is 1. The summed E-state index contributed by atoms with van der Waals surface area (Å²) in [5.74, 6) is -0.563. The molecule has 0 radical (unpaired) electrons. The third kappa shape index (κ3) is 4.47. The summed E-state index contributed by atoms with van der Waals surface area (Å²) in [4.78, 5) is 23.1. The molecule has 1 aromatic carbocycles. The fraction of sp³-hybridized carbons (Fsp3) is 0.500. The van der Waals surface area contributed by atoms with Crippen LogP contribution in [0.4, 0.5) is 0 Å². The van der Waals surface area contributed by atoms with Crippen LogP contribution < -0.4 is 10.1 Å². The summed E-state index contributed by atoms with van der Waals surface area (Å²) < 4.78 is 6.46. The normalized spacial score (nSPS) is 22.6. The summed E-state index contributed by atoms with van der Waals surface area (Å²) in [5, 5.41) is 11.9. The molecular weight excluding hydrogens is 350 g/mol. The van der Waals surface area contributed by atoms with Crippen molar-refractivity contribution in [2.75, 3.05) is 0 Å². The van der Waals surface area contributed by atoms with Crippen molar-refractivity contribution in [2.45, 2.75) is 44.8 Å². The fourth-order valence-corrected chi connectivity index (χ4v) is 2.97. The number of nitrogens with one attached hydrogen (secondary N) is 1. The van der Waals surface area contributed by atoms with Crippen LogP contribution in [0.2, 0.25) is 0 Å². The lowest BCUT2D eigenvalue weighted by atomic mass is 9.86. The molecule has 0 aliphatic heterocycles. The summed E-state index contributed by atoms with van der Waals surface area (Å²) in [6.07, 6.45) is 2.02. The SMILES string of the molecule is CC(Oc1ccccc1Br)C(=O)NC1CCC(C(=O)O)CC1. The van der Waals surface area contributed by atoms with E-state index in [0.717, 1.165) is 4.47 Å². The number of carboxylic acids is 1. The number of halogens is 1. The van der Waals surface area contributed by atoms with Gasteiger partial charge in [-0.25, -0.2) is 0 Å². The van der Waals surface area contributed by atoms with Gasteiger partial charge in [-0.3, -0.25) is 9.59 Å². The number of rotatable bonds is 5. The van der Waals surface area contributed by atoms with Crippen LogP contribution in [0.3, 0.4) is 0 Å². The van der Waals surface area contributed by atoms with Gasteiger partial charge in [-0.15, -0.1) is 0 Å². The molecule has 1 aliphatic carbocycles. The molecule has 1 atom stereocenters. The Balaban J connectivity index is 1.82. The lowest BCUT2D eigenvalue weighted by molar-refractivity contribution is -0.142. The highest BCUT2D eigenvalue weighted by molar-refractivity contribution is 9.10. The van der Waals surface area contributed by atoms with E-state index in [1.165, 1.54) is 0 Å². The number of carboxylic acid groups (broad SMARTS) is 1. The van der Waals surface area contributed by atoms with Gasteiger partial charge >= 0.3 is 5.97 Å². The second-order valence-corrected chi connectivity index (χ2v) is 6.44. The van der Waals surface area contributed by atoms with Crippen LogP contribution in [0.5, 0.6) is 5.75 Å². The van der Waals surface area contributed by atoms with Gasteiger partial charge in [0.25, 0.3) is 5.91 Å². The van der Waals surface area contributed by atoms with Crippen molar-refractivity contribution < 1.29 is 19.4 Å². The molecule has 1 aromatic rings.